The molecule has 0 saturated carbocycles. The van der Waals surface area contributed by atoms with Gasteiger partial charge in [0.1, 0.15) is 29.5 Å². The number of hydrogen-bond donors (Lipinski definition) is 3. The predicted molar refractivity (Wildman–Crippen MR) is 166 cm³/mol. The van der Waals surface area contributed by atoms with Gasteiger partial charge in [-0.15, -0.1) is 0 Å². The third-order valence-corrected chi connectivity index (χ3v) is 7.58. The molecule has 2 aromatic heterocycles. The third-order valence-electron chi connectivity index (χ3n) is 7.10. The zero-order valence-electron chi connectivity index (χ0n) is 25.3. The topological polar surface area (TPSA) is 138 Å². The lowest BCUT2D eigenvalue weighted by Crippen LogP contribution is -2.16. The molecule has 0 amide bonds. The van der Waals surface area contributed by atoms with E-state index < -0.39 is 39.7 Å². The van der Waals surface area contributed by atoms with Crippen LogP contribution in [0.25, 0.3) is 33.4 Å². The number of nitrogens with one attached hydrogen (secondary N) is 1. The molecule has 0 radical (unpaired) electrons. The Morgan fingerprint density at radius 3 is 2.21 bits per heavy atom. The number of benzene rings is 3. The van der Waals surface area contributed by atoms with E-state index >= 15 is 0 Å². The zero-order chi connectivity index (χ0) is 33.8. The molecule has 0 aliphatic carbocycles. The van der Waals surface area contributed by atoms with Crippen LogP contribution in [0, 0.1) is 17.5 Å². The van der Waals surface area contributed by atoms with Gasteiger partial charge in [0.25, 0.3) is 5.56 Å². The van der Waals surface area contributed by atoms with Gasteiger partial charge in [-0.1, -0.05) is 6.07 Å². The molecule has 3 aromatic carbocycles. The van der Waals surface area contributed by atoms with Crippen molar-refractivity contribution in [1.82, 2.24) is 9.29 Å². The number of aryl methyl sites for hydroxylation is 1. The second-order valence-electron chi connectivity index (χ2n) is 10.1. The SMILES string of the molecule is COc1cc(-c2cc3c(=O)n(C)cc(-c4cc(CCN[SH](=O)=O)ccc4Oc4c(F)cc(F)cc4F)c3o2)cc(OC)c1OCCO. The minimum atomic E-state index is -2.84. The molecule has 0 fully saturated rings. The third kappa shape index (κ3) is 7.06. The van der Waals surface area contributed by atoms with Crippen LogP contribution in [0.1, 0.15) is 5.56 Å². The molecule has 0 bridgehead atoms. The van der Waals surface area contributed by atoms with E-state index in [0.717, 1.165) is 0 Å². The Kier molecular flexibility index (Phi) is 10.1. The summed E-state index contributed by atoms with van der Waals surface area (Å²) in [5.41, 5.74) is 1.26. The van der Waals surface area contributed by atoms with Crippen LogP contribution >= 0.6 is 0 Å². The second-order valence-corrected chi connectivity index (χ2v) is 11.0. The van der Waals surface area contributed by atoms with Gasteiger partial charge < -0.3 is 33.0 Å². The van der Waals surface area contributed by atoms with Crippen LogP contribution in [0.2, 0.25) is 0 Å². The summed E-state index contributed by atoms with van der Waals surface area (Å²) in [4.78, 5) is 13.3. The quantitative estimate of drug-likeness (QED) is 0.152. The zero-order valence-corrected chi connectivity index (χ0v) is 26.2. The first-order valence-corrected chi connectivity index (χ1v) is 15.2. The number of ether oxygens (including phenoxy) is 4. The Balaban J connectivity index is 1.70. The van der Waals surface area contributed by atoms with Crippen LogP contribution in [0.4, 0.5) is 13.2 Å². The fourth-order valence-electron chi connectivity index (χ4n) is 4.96. The van der Waals surface area contributed by atoms with Crippen LogP contribution < -0.4 is 29.2 Å². The molecule has 0 aliphatic heterocycles. The lowest BCUT2D eigenvalue weighted by molar-refractivity contribution is 0.191. The lowest BCUT2D eigenvalue weighted by atomic mass is 10.0. The first kappa shape index (κ1) is 33.4. The lowest BCUT2D eigenvalue weighted by Gasteiger charge is -2.15. The van der Waals surface area contributed by atoms with Gasteiger partial charge in [-0.25, -0.2) is 26.3 Å². The normalized spacial score (nSPS) is 11.3. The number of rotatable bonds is 13. The molecule has 0 aliphatic rings. The maximum Gasteiger partial charge on any atom is 0.261 e. The maximum absolute atomic E-state index is 14.7. The molecule has 2 heterocycles. The van der Waals surface area contributed by atoms with Gasteiger partial charge in [0.15, 0.2) is 28.9 Å². The van der Waals surface area contributed by atoms with Crippen LogP contribution in [0.15, 0.2) is 63.9 Å². The van der Waals surface area contributed by atoms with Crippen molar-refractivity contribution < 1.29 is 50.1 Å². The summed E-state index contributed by atoms with van der Waals surface area (Å²) in [6, 6.07) is 10.3. The number of pyridine rings is 1. The minimum Gasteiger partial charge on any atom is -0.493 e. The number of hydrogen-bond acceptors (Lipinski definition) is 9. The average molecular weight is 675 g/mol. The molecule has 47 heavy (non-hydrogen) atoms. The highest BCUT2D eigenvalue weighted by atomic mass is 32.2. The van der Waals surface area contributed by atoms with Crippen molar-refractivity contribution in [1.29, 1.82) is 0 Å². The Hall–Kier alpha value is -4.99. The van der Waals surface area contributed by atoms with E-state index in [1.807, 2.05) is 0 Å². The van der Waals surface area contributed by atoms with Crippen molar-refractivity contribution in [2.45, 2.75) is 6.42 Å². The van der Waals surface area contributed by atoms with E-state index in [9.17, 15) is 31.5 Å². The summed E-state index contributed by atoms with van der Waals surface area (Å²) in [6.07, 6.45) is 1.69. The Morgan fingerprint density at radius 1 is 0.915 bits per heavy atom. The molecule has 0 unspecified atom stereocenters. The van der Waals surface area contributed by atoms with Crippen molar-refractivity contribution in [3.8, 4) is 51.2 Å². The fraction of sp³-hybridized carbons (Fsp3) is 0.219. The van der Waals surface area contributed by atoms with Crippen molar-refractivity contribution in [3.05, 3.63) is 88.1 Å². The maximum atomic E-state index is 14.7. The number of thiol groups is 1. The highest BCUT2D eigenvalue weighted by Gasteiger charge is 2.23. The fourth-order valence-corrected chi connectivity index (χ4v) is 5.25. The molecular weight excluding hydrogens is 645 g/mol. The summed E-state index contributed by atoms with van der Waals surface area (Å²) in [5.74, 6) is -3.59. The standard InChI is InChI=1S/C32H29F3N2O9S/c1-37-16-22(20-10-17(6-7-36-47(40)41)4-5-25(20)45-30-23(34)13-19(33)14-24(30)35)29-21(32(37)39)15-26(46-29)18-11-27(42-2)31(44-9-8-38)28(12-18)43-3/h4-5,10-16,38,47H,6-9H2,1-3H3,(H,36,40,41). The summed E-state index contributed by atoms with van der Waals surface area (Å²) in [7, 11) is 1.51. The van der Waals surface area contributed by atoms with E-state index in [0.29, 0.717) is 23.3 Å². The average Bonchev–Trinajstić information content (AvgIpc) is 3.49. The highest BCUT2D eigenvalue weighted by Crippen LogP contribution is 2.44. The van der Waals surface area contributed by atoms with Crippen molar-refractivity contribution >= 4 is 21.9 Å². The summed E-state index contributed by atoms with van der Waals surface area (Å²) in [6.45, 7) is -0.197. The Bertz CT molecular complexity index is 2040. The van der Waals surface area contributed by atoms with E-state index in [2.05, 4.69) is 4.72 Å². The molecule has 5 aromatic rings. The van der Waals surface area contributed by atoms with E-state index in [1.54, 1.807) is 24.3 Å². The van der Waals surface area contributed by atoms with Gasteiger partial charge in [0, 0.05) is 48.6 Å². The van der Waals surface area contributed by atoms with Gasteiger partial charge in [0.05, 0.1) is 26.2 Å². The molecule has 15 heteroatoms. The molecule has 248 valence electrons. The van der Waals surface area contributed by atoms with Crippen LogP contribution in [0.5, 0.6) is 28.7 Å². The highest BCUT2D eigenvalue weighted by molar-refractivity contribution is 7.70. The van der Waals surface area contributed by atoms with Gasteiger partial charge in [0.2, 0.25) is 16.6 Å². The molecule has 0 saturated heterocycles. The molecular formula is C32H29F3N2O9S. The monoisotopic (exact) mass is 674 g/mol. The number of fused-ring (bicyclic) bond motifs is 1. The number of aliphatic hydroxyl groups excluding tert-OH is 1. The number of aromatic nitrogens is 1. The van der Waals surface area contributed by atoms with E-state index in [-0.39, 0.29) is 77.0 Å². The summed E-state index contributed by atoms with van der Waals surface area (Å²) < 4.78 is 97.1. The largest absolute Gasteiger partial charge is 0.493 e. The van der Waals surface area contributed by atoms with Crippen LogP contribution in [-0.2, 0) is 24.4 Å². The first-order valence-electron chi connectivity index (χ1n) is 14.0. The molecule has 2 N–H and O–H groups in total. The van der Waals surface area contributed by atoms with Crippen LogP contribution in [-0.4, -0.2) is 52.1 Å². The van der Waals surface area contributed by atoms with E-state index in [4.69, 9.17) is 23.4 Å². The number of nitrogens with zero attached hydrogens (tertiary/aromatic N) is 1. The number of methoxy groups -OCH3 is 2. The summed E-state index contributed by atoms with van der Waals surface area (Å²) >= 11 is 0. The Morgan fingerprint density at radius 2 is 1.60 bits per heavy atom. The van der Waals surface area contributed by atoms with Gasteiger partial charge in [-0.2, -0.15) is 0 Å². The summed E-state index contributed by atoms with van der Waals surface area (Å²) in [5, 5.41) is 9.37. The number of halogens is 3. The van der Waals surface area contributed by atoms with Crippen molar-refractivity contribution in [3.63, 3.8) is 0 Å². The van der Waals surface area contributed by atoms with E-state index in [1.165, 1.54) is 44.2 Å². The molecule has 5 rings (SSSR count). The first-order chi connectivity index (χ1) is 22.5. The molecule has 0 atom stereocenters. The van der Waals surface area contributed by atoms with Gasteiger partial charge in [-0.05, 0) is 42.3 Å². The van der Waals surface area contributed by atoms with Crippen LogP contribution in [0.3, 0.4) is 0 Å². The second kappa shape index (κ2) is 14.2. The molecule has 0 spiro atoms. The van der Waals surface area contributed by atoms with Gasteiger partial charge >= 0.3 is 0 Å². The smallest absolute Gasteiger partial charge is 0.261 e. The Labute approximate surface area is 267 Å². The number of furan rings is 1. The molecule has 11 nitrogen and oxygen atoms in total. The number of aliphatic hydroxyl groups is 1. The van der Waals surface area contributed by atoms with Gasteiger partial charge in [-0.3, -0.25) is 4.79 Å². The van der Waals surface area contributed by atoms with Crippen molar-refractivity contribution in [2.24, 2.45) is 7.05 Å². The minimum absolute atomic E-state index is 0.0172. The van der Waals surface area contributed by atoms with Crippen molar-refractivity contribution in [2.75, 3.05) is 34.0 Å². The predicted octanol–water partition coefficient (Wildman–Crippen LogP) is 4.72.